The molecule has 0 radical (unpaired) electrons. The van der Waals surface area contributed by atoms with Gasteiger partial charge in [-0.1, -0.05) is 0 Å². The molecular weight excluding hydrogens is 172 g/mol. The lowest BCUT2D eigenvalue weighted by Gasteiger charge is -2.26. The molecule has 0 spiro atoms. The predicted molar refractivity (Wildman–Crippen MR) is 48.1 cm³/mol. The van der Waals surface area contributed by atoms with Crippen molar-refractivity contribution in [3.05, 3.63) is 0 Å². The van der Waals surface area contributed by atoms with Gasteiger partial charge in [-0.05, 0) is 20.8 Å². The molecule has 0 aromatic heterocycles. The maximum absolute atomic E-state index is 11.4. The van der Waals surface area contributed by atoms with Crippen LogP contribution in [0.4, 0.5) is 0 Å². The van der Waals surface area contributed by atoms with E-state index in [0.29, 0.717) is 0 Å². The van der Waals surface area contributed by atoms with Crippen molar-refractivity contribution in [2.24, 2.45) is 5.73 Å². The lowest BCUT2D eigenvalue weighted by Crippen LogP contribution is -2.47. The fourth-order valence-corrected chi connectivity index (χ4v) is 0.922. The molecule has 0 saturated carbocycles. The largest absolute Gasteiger partial charge is 0.480 e. The van der Waals surface area contributed by atoms with Crippen molar-refractivity contribution in [3.8, 4) is 0 Å². The lowest BCUT2D eigenvalue weighted by atomic mass is 10.2. The zero-order chi connectivity index (χ0) is 10.6. The second kappa shape index (κ2) is 4.81. The number of rotatable bonds is 4. The molecule has 0 aromatic carbocycles. The molecule has 0 aliphatic carbocycles. The molecule has 0 bridgehead atoms. The molecule has 0 aromatic rings. The van der Waals surface area contributed by atoms with Crippen molar-refractivity contribution in [2.75, 3.05) is 6.54 Å². The minimum absolute atomic E-state index is 0.144. The number of carboxylic acids is 1. The first-order chi connectivity index (χ1) is 5.86. The van der Waals surface area contributed by atoms with Crippen LogP contribution in [0.1, 0.15) is 20.8 Å². The molecule has 1 amide bonds. The molecule has 3 N–H and O–H groups in total. The average molecular weight is 188 g/mol. The number of carbonyl (C=O) groups excluding carboxylic acids is 1. The second-order valence-electron chi connectivity index (χ2n) is 3.24. The van der Waals surface area contributed by atoms with Crippen molar-refractivity contribution in [1.29, 1.82) is 0 Å². The van der Waals surface area contributed by atoms with E-state index in [1.807, 2.05) is 0 Å². The van der Waals surface area contributed by atoms with Gasteiger partial charge in [0.25, 0.3) is 0 Å². The molecule has 0 rings (SSSR count). The molecule has 1 atom stereocenters. The first-order valence-corrected chi connectivity index (χ1v) is 4.14. The quantitative estimate of drug-likeness (QED) is 0.632. The predicted octanol–water partition coefficient (Wildman–Crippen LogP) is -0.345. The summed E-state index contributed by atoms with van der Waals surface area (Å²) in [6, 6.07) is -0.795. The number of nitrogens with zero attached hydrogens (tertiary/aromatic N) is 1. The van der Waals surface area contributed by atoms with Gasteiger partial charge in [-0.2, -0.15) is 0 Å². The van der Waals surface area contributed by atoms with E-state index >= 15 is 0 Å². The van der Waals surface area contributed by atoms with Crippen LogP contribution in [0.15, 0.2) is 0 Å². The number of aliphatic carboxylic acids is 1. The first kappa shape index (κ1) is 11.9. The van der Waals surface area contributed by atoms with Crippen molar-refractivity contribution in [3.63, 3.8) is 0 Å². The van der Waals surface area contributed by atoms with Gasteiger partial charge in [-0.25, -0.2) is 0 Å². The summed E-state index contributed by atoms with van der Waals surface area (Å²) in [6.07, 6.45) is 0. The van der Waals surface area contributed by atoms with Gasteiger partial charge in [0.05, 0.1) is 6.04 Å². The fourth-order valence-electron chi connectivity index (χ4n) is 0.922. The highest BCUT2D eigenvalue weighted by Gasteiger charge is 2.22. The van der Waals surface area contributed by atoms with Gasteiger partial charge < -0.3 is 15.7 Å². The molecule has 0 unspecified atom stereocenters. The molecule has 5 heteroatoms. The topological polar surface area (TPSA) is 83.6 Å². The molecule has 0 aliphatic rings. The molecule has 0 fully saturated rings. The molecule has 13 heavy (non-hydrogen) atoms. The van der Waals surface area contributed by atoms with Gasteiger partial charge in [0, 0.05) is 6.04 Å². The van der Waals surface area contributed by atoms with Gasteiger partial charge in [0.1, 0.15) is 6.54 Å². The van der Waals surface area contributed by atoms with E-state index in [1.165, 1.54) is 4.90 Å². The van der Waals surface area contributed by atoms with Gasteiger partial charge in [-0.3, -0.25) is 9.59 Å². The molecule has 0 heterocycles. The van der Waals surface area contributed by atoms with Crippen LogP contribution in [0.2, 0.25) is 0 Å². The van der Waals surface area contributed by atoms with E-state index in [0.717, 1.165) is 0 Å². The normalized spacial score (nSPS) is 12.7. The highest BCUT2D eigenvalue weighted by Crippen LogP contribution is 2.00. The monoisotopic (exact) mass is 188 g/mol. The Bertz CT molecular complexity index is 202. The van der Waals surface area contributed by atoms with Crippen LogP contribution in [0, 0.1) is 0 Å². The zero-order valence-electron chi connectivity index (χ0n) is 8.15. The number of carbonyl (C=O) groups is 2. The number of nitrogens with two attached hydrogens (primary N) is 1. The van der Waals surface area contributed by atoms with Crippen molar-refractivity contribution < 1.29 is 14.7 Å². The maximum Gasteiger partial charge on any atom is 0.323 e. The highest BCUT2D eigenvalue weighted by atomic mass is 16.4. The van der Waals surface area contributed by atoms with Crippen LogP contribution in [0.3, 0.4) is 0 Å². The van der Waals surface area contributed by atoms with Crippen LogP contribution < -0.4 is 5.73 Å². The van der Waals surface area contributed by atoms with Crippen LogP contribution in [0.25, 0.3) is 0 Å². The van der Waals surface area contributed by atoms with Gasteiger partial charge in [-0.15, -0.1) is 0 Å². The van der Waals surface area contributed by atoms with Crippen LogP contribution in [0.5, 0.6) is 0 Å². The van der Waals surface area contributed by atoms with Crippen LogP contribution >= 0.6 is 0 Å². The maximum atomic E-state index is 11.4. The fraction of sp³-hybridized carbons (Fsp3) is 0.750. The molecular formula is C8H16N2O3. The lowest BCUT2D eigenvalue weighted by molar-refractivity contribution is -0.146. The smallest absolute Gasteiger partial charge is 0.323 e. The summed E-state index contributed by atoms with van der Waals surface area (Å²) in [6.45, 7) is 4.75. The zero-order valence-corrected chi connectivity index (χ0v) is 8.15. The third-order valence-corrected chi connectivity index (χ3v) is 1.60. The van der Waals surface area contributed by atoms with E-state index in [2.05, 4.69) is 0 Å². The summed E-state index contributed by atoms with van der Waals surface area (Å²) in [5.41, 5.74) is 5.37. The van der Waals surface area contributed by atoms with Crippen molar-refractivity contribution in [2.45, 2.75) is 32.9 Å². The minimum Gasteiger partial charge on any atom is -0.480 e. The SMILES string of the molecule is CC(C)N(CC(=O)O)C(=O)[C@H](C)N. The summed E-state index contributed by atoms with van der Waals surface area (Å²) >= 11 is 0. The molecule has 0 saturated heterocycles. The molecule has 76 valence electrons. The van der Waals surface area contributed by atoms with E-state index in [-0.39, 0.29) is 18.5 Å². The Morgan fingerprint density at radius 3 is 2.08 bits per heavy atom. The Morgan fingerprint density at radius 2 is 1.85 bits per heavy atom. The van der Waals surface area contributed by atoms with E-state index < -0.39 is 12.0 Å². The Labute approximate surface area is 77.5 Å². The van der Waals surface area contributed by atoms with E-state index in [9.17, 15) is 9.59 Å². The van der Waals surface area contributed by atoms with Crippen molar-refractivity contribution >= 4 is 11.9 Å². The Kier molecular flexibility index (Phi) is 4.40. The Hall–Kier alpha value is -1.10. The summed E-state index contributed by atoms with van der Waals surface area (Å²) in [5, 5.41) is 8.53. The molecule has 0 aliphatic heterocycles. The summed E-state index contributed by atoms with van der Waals surface area (Å²) < 4.78 is 0. The number of amides is 1. The Morgan fingerprint density at radius 1 is 1.38 bits per heavy atom. The average Bonchev–Trinajstić information content (AvgIpc) is 1.97. The highest BCUT2D eigenvalue weighted by molar-refractivity contribution is 5.85. The Balaban J connectivity index is 4.42. The van der Waals surface area contributed by atoms with Gasteiger partial charge in [0.2, 0.25) is 5.91 Å². The third kappa shape index (κ3) is 3.89. The summed E-state index contributed by atoms with van der Waals surface area (Å²) in [4.78, 5) is 23.0. The molecule has 5 nitrogen and oxygen atoms in total. The van der Waals surface area contributed by atoms with E-state index in [4.69, 9.17) is 10.8 Å². The standard InChI is InChI=1S/C8H16N2O3/c1-5(2)10(4-7(11)12)8(13)6(3)9/h5-6H,4,9H2,1-3H3,(H,11,12)/t6-/m0/s1. The van der Waals surface area contributed by atoms with Crippen molar-refractivity contribution in [1.82, 2.24) is 4.90 Å². The number of hydrogen-bond acceptors (Lipinski definition) is 3. The van der Waals surface area contributed by atoms with Gasteiger partial charge in [0.15, 0.2) is 0 Å². The number of hydrogen-bond donors (Lipinski definition) is 2. The van der Waals surface area contributed by atoms with Crippen LogP contribution in [-0.4, -0.2) is 40.5 Å². The van der Waals surface area contributed by atoms with Gasteiger partial charge >= 0.3 is 5.97 Å². The summed E-state index contributed by atoms with van der Waals surface area (Å²) in [7, 11) is 0. The second-order valence-corrected chi connectivity index (χ2v) is 3.24. The first-order valence-electron chi connectivity index (χ1n) is 4.14. The number of carboxylic acid groups (broad SMARTS) is 1. The third-order valence-electron chi connectivity index (χ3n) is 1.60. The van der Waals surface area contributed by atoms with Crippen LogP contribution in [-0.2, 0) is 9.59 Å². The summed E-state index contributed by atoms with van der Waals surface area (Å²) in [5.74, 6) is -1.36. The minimum atomic E-state index is -1.03. The van der Waals surface area contributed by atoms with E-state index in [1.54, 1.807) is 20.8 Å².